The molecule has 28 heteroatoms. The highest BCUT2D eigenvalue weighted by Crippen LogP contribution is 2.48. The third kappa shape index (κ3) is 20.2. The molecule has 3 aliphatic rings. The number of methoxy groups -OCH3 is 1. The number of hydrogen-bond acceptors (Lipinski definition) is 15. The molecule has 2 aliphatic heterocycles. The van der Waals surface area contributed by atoms with E-state index in [2.05, 4.69) is 42.2 Å². The van der Waals surface area contributed by atoms with Crippen molar-refractivity contribution in [2.24, 2.45) is 33.7 Å². The molecule has 11 amide bonds. The first-order valence-corrected chi connectivity index (χ1v) is 28.7. The lowest BCUT2D eigenvalue weighted by Crippen LogP contribution is -2.61. The number of amides is 11. The fourth-order valence-electron chi connectivity index (χ4n) is 9.59. The molecule has 3 fully saturated rings. The van der Waals surface area contributed by atoms with E-state index in [-0.39, 0.29) is 63.3 Å². The first-order valence-electron chi connectivity index (χ1n) is 26.4. The fourth-order valence-corrected chi connectivity index (χ4v) is 13.0. The number of nitrogens with zero attached hydrogens (tertiary/aromatic N) is 2. The van der Waals surface area contributed by atoms with Crippen molar-refractivity contribution in [2.75, 3.05) is 32.5 Å². The van der Waals surface area contributed by atoms with Gasteiger partial charge in [0.2, 0.25) is 65.0 Å². The third-order valence-electron chi connectivity index (χ3n) is 13.7. The largest absolute Gasteiger partial charge is 0.497 e. The van der Waals surface area contributed by atoms with Gasteiger partial charge in [-0.05, 0) is 68.2 Å². The quantitative estimate of drug-likeness (QED) is 0.0286. The van der Waals surface area contributed by atoms with Gasteiger partial charge in [-0.3, -0.25) is 57.7 Å². The van der Waals surface area contributed by atoms with Gasteiger partial charge in [0, 0.05) is 49.3 Å². The Labute approximate surface area is 471 Å². The van der Waals surface area contributed by atoms with Crippen molar-refractivity contribution in [1.82, 2.24) is 42.1 Å². The van der Waals surface area contributed by atoms with Crippen molar-refractivity contribution < 1.29 is 57.5 Å². The summed E-state index contributed by atoms with van der Waals surface area (Å²) in [6.07, 6.45) is 2.41. The minimum Gasteiger partial charge on any atom is -0.497 e. The Morgan fingerprint density at radius 2 is 1.35 bits per heavy atom. The maximum Gasteiger partial charge on any atom is 0.246 e. The summed E-state index contributed by atoms with van der Waals surface area (Å²) in [6.45, 7) is -0.382. The molecular weight excluding hydrogens is 1080 g/mol. The van der Waals surface area contributed by atoms with Crippen molar-refractivity contribution in [1.29, 1.82) is 0 Å². The number of carbonyl (C=O) groups excluding carboxylic acids is 11. The molecule has 7 atom stereocenters. The van der Waals surface area contributed by atoms with Gasteiger partial charge in [0.1, 0.15) is 48.0 Å². The lowest BCUT2D eigenvalue weighted by molar-refractivity contribution is -0.142. The summed E-state index contributed by atoms with van der Waals surface area (Å²) in [5.41, 5.74) is 28.5. The molecule has 17 N–H and O–H groups in total. The van der Waals surface area contributed by atoms with Crippen LogP contribution >= 0.6 is 21.6 Å². The number of nitrogens with one attached hydrogen (secondary N) is 7. The Balaban J connectivity index is 1.53. The second-order valence-electron chi connectivity index (χ2n) is 20.0. The maximum absolute atomic E-state index is 15.0. The van der Waals surface area contributed by atoms with E-state index >= 15 is 0 Å². The number of carbonyl (C=O) groups is 11. The standard InChI is InChI=1S/C52H74N14O12S2/c1-78-32-16-14-31(15-17-32)25-35-46(73)63-36(24-30-10-4-2-5-11-30)47(74)61-34(18-19-40(53)67)45(72)64-37(26-41(54)68)48(75)65-38(29-79-80-52(27-43(70)60-35)20-6-3-7-21-52)50(77)66-23-9-13-39(66)49(76)62-33(12-8-22-58-51(56)57)44(71)59-28-42(55)69/h2,4-5,10-11,14-17,33-39H,3,6-9,12-13,18-29H2,1H3,(H2,53,67)(H2,54,68)(H2,55,69)(H,59,71)(H,60,70)(H,61,74)(H,62,76)(H,63,73)(H,64,72)(H,65,75)(H4,56,57,58)/t33-,34+,35+,36+,37+,38+,39+/m1/s1. The SMILES string of the molecule is COc1ccc(C[C@@H]2NC(=O)CC3(CCCCC3)SSC[C@@H](C(=O)N3CCC[C@H]3C(=O)N[C@H](CCCN=C(N)N)C(=O)NCC(N)=O)NC(=O)[C@H](CC(N)=O)NC(=O)[C@H](CCC(N)=O)NC(=O)[C@H](Cc3ccccc3)NC2=O)cc1. The summed E-state index contributed by atoms with van der Waals surface area (Å²) < 4.78 is 4.59. The smallest absolute Gasteiger partial charge is 0.246 e. The van der Waals surface area contributed by atoms with Crippen LogP contribution in [0.15, 0.2) is 59.6 Å². The third-order valence-corrected chi connectivity index (χ3v) is 17.0. The minimum atomic E-state index is -1.77. The van der Waals surface area contributed by atoms with Gasteiger partial charge in [-0.2, -0.15) is 0 Å². The Morgan fingerprint density at radius 3 is 1.98 bits per heavy atom. The molecule has 80 heavy (non-hydrogen) atoms. The van der Waals surface area contributed by atoms with Gasteiger partial charge in [0.05, 0.1) is 20.1 Å². The number of rotatable bonds is 20. The van der Waals surface area contributed by atoms with Crippen LogP contribution < -0.4 is 70.6 Å². The second-order valence-corrected chi connectivity index (χ2v) is 22.8. The molecule has 0 radical (unpaired) electrons. The maximum atomic E-state index is 15.0. The summed E-state index contributed by atoms with van der Waals surface area (Å²) in [6, 6.07) is 5.70. The van der Waals surface area contributed by atoms with Crippen LogP contribution in [0.3, 0.4) is 0 Å². The summed E-state index contributed by atoms with van der Waals surface area (Å²) in [4.78, 5) is 156. The van der Waals surface area contributed by atoms with Crippen molar-refractivity contribution in [2.45, 2.75) is 143 Å². The van der Waals surface area contributed by atoms with E-state index < -0.39 is 138 Å². The molecule has 2 aromatic rings. The zero-order chi connectivity index (χ0) is 58.4. The lowest BCUT2D eigenvalue weighted by atomic mass is 9.85. The molecule has 2 aromatic carbocycles. The summed E-state index contributed by atoms with van der Waals surface area (Å²) in [7, 11) is 4.02. The second kappa shape index (κ2) is 31.2. The van der Waals surface area contributed by atoms with Crippen LogP contribution in [0.2, 0.25) is 0 Å². The Kier molecular flexibility index (Phi) is 24.7. The van der Waals surface area contributed by atoms with Gasteiger partial charge in [0.15, 0.2) is 5.96 Å². The van der Waals surface area contributed by atoms with Crippen LogP contribution in [0, 0.1) is 0 Å². The highest BCUT2D eigenvalue weighted by atomic mass is 33.1. The molecule has 0 aromatic heterocycles. The number of guanidine groups is 1. The van der Waals surface area contributed by atoms with Gasteiger partial charge in [-0.15, -0.1) is 0 Å². The van der Waals surface area contributed by atoms with E-state index in [0.717, 1.165) is 19.3 Å². The van der Waals surface area contributed by atoms with Crippen LogP contribution in [0.25, 0.3) is 0 Å². The topological polar surface area (TPSA) is 427 Å². The van der Waals surface area contributed by atoms with Gasteiger partial charge in [-0.1, -0.05) is 83.3 Å². The van der Waals surface area contributed by atoms with E-state index in [4.69, 9.17) is 33.4 Å². The number of nitrogens with two attached hydrogens (primary N) is 5. The summed E-state index contributed by atoms with van der Waals surface area (Å²) in [5.74, 6) is -8.92. The minimum absolute atomic E-state index is 0.0113. The van der Waals surface area contributed by atoms with Crippen molar-refractivity contribution >= 4 is 92.5 Å². The first kappa shape index (κ1) is 63.2. The molecule has 2 heterocycles. The Bertz CT molecular complexity index is 2570. The predicted octanol–water partition coefficient (Wildman–Crippen LogP) is -2.34. The summed E-state index contributed by atoms with van der Waals surface area (Å²) in [5, 5.41) is 18.5. The predicted molar refractivity (Wildman–Crippen MR) is 298 cm³/mol. The molecular formula is C52H74N14O12S2. The van der Waals surface area contributed by atoms with Gasteiger partial charge in [0.25, 0.3) is 0 Å². The number of hydrogen-bond donors (Lipinski definition) is 12. The average molecular weight is 1150 g/mol. The number of primary amides is 3. The van der Waals surface area contributed by atoms with Crippen molar-refractivity contribution in [3.8, 4) is 5.75 Å². The molecule has 1 saturated carbocycles. The highest BCUT2D eigenvalue weighted by Gasteiger charge is 2.42. The number of likely N-dealkylation sites (tertiary alicyclic amines) is 1. The molecule has 1 aliphatic carbocycles. The Morgan fingerprint density at radius 1 is 0.738 bits per heavy atom. The van der Waals surface area contributed by atoms with E-state index in [1.54, 1.807) is 54.6 Å². The molecule has 26 nitrogen and oxygen atoms in total. The molecule has 2 saturated heterocycles. The number of benzene rings is 2. The molecule has 0 unspecified atom stereocenters. The van der Waals surface area contributed by atoms with E-state index in [9.17, 15) is 52.7 Å². The molecule has 0 bridgehead atoms. The Hall–Kier alpha value is -7.62. The lowest BCUT2D eigenvalue weighted by Gasteiger charge is -2.37. The van der Waals surface area contributed by atoms with Crippen LogP contribution in [0.4, 0.5) is 0 Å². The fraction of sp³-hybridized carbons (Fsp3) is 0.538. The number of ether oxygens (including phenoxy) is 1. The average Bonchev–Trinajstić information content (AvgIpc) is 3.95. The van der Waals surface area contributed by atoms with Crippen LogP contribution in [-0.2, 0) is 65.6 Å². The van der Waals surface area contributed by atoms with Gasteiger partial charge in [-0.25, -0.2) is 0 Å². The summed E-state index contributed by atoms with van der Waals surface area (Å²) >= 11 is 0. The number of aliphatic imine (C=N–C) groups is 1. The highest BCUT2D eigenvalue weighted by molar-refractivity contribution is 8.77. The van der Waals surface area contributed by atoms with Crippen LogP contribution in [0.5, 0.6) is 5.75 Å². The molecule has 5 rings (SSSR count). The normalized spacial score (nSPS) is 22.6. The zero-order valence-electron chi connectivity index (χ0n) is 44.7. The van der Waals surface area contributed by atoms with Crippen molar-refractivity contribution in [3.63, 3.8) is 0 Å². The van der Waals surface area contributed by atoms with E-state index in [1.165, 1.54) is 33.6 Å². The van der Waals surface area contributed by atoms with Gasteiger partial charge < -0.3 is 75.5 Å². The first-order chi connectivity index (χ1) is 38.1. The molecule has 436 valence electrons. The van der Waals surface area contributed by atoms with Crippen LogP contribution in [0.1, 0.15) is 94.6 Å². The molecule has 1 spiro atoms. The van der Waals surface area contributed by atoms with E-state index in [0.29, 0.717) is 36.1 Å². The van der Waals surface area contributed by atoms with Crippen molar-refractivity contribution in [3.05, 3.63) is 65.7 Å². The zero-order valence-corrected chi connectivity index (χ0v) is 46.3. The van der Waals surface area contributed by atoms with Gasteiger partial charge >= 0.3 is 0 Å². The van der Waals surface area contributed by atoms with Crippen LogP contribution in [-0.4, -0.2) is 155 Å². The monoisotopic (exact) mass is 1150 g/mol. The van der Waals surface area contributed by atoms with E-state index in [1.807, 2.05) is 0 Å².